The van der Waals surface area contributed by atoms with E-state index in [1.807, 2.05) is 49.4 Å². The number of halogens is 1. The van der Waals surface area contributed by atoms with E-state index in [1.165, 1.54) is 0 Å². The molecule has 0 aliphatic carbocycles. The minimum atomic E-state index is -0.198. The Labute approximate surface area is 172 Å². The van der Waals surface area contributed by atoms with E-state index in [-0.39, 0.29) is 12.5 Å². The highest BCUT2D eigenvalue weighted by Crippen LogP contribution is 2.20. The number of amides is 1. The van der Waals surface area contributed by atoms with E-state index in [1.54, 1.807) is 23.8 Å². The monoisotopic (exact) mass is 407 g/mol. The first-order valence-electron chi connectivity index (χ1n) is 8.95. The van der Waals surface area contributed by atoms with Crippen LogP contribution < -0.4 is 10.1 Å². The molecule has 0 fully saturated rings. The Balaban J connectivity index is 1.56. The third kappa shape index (κ3) is 3.90. The topological polar surface area (TPSA) is 81.4 Å². The van der Waals surface area contributed by atoms with Gasteiger partial charge in [-0.3, -0.25) is 4.79 Å². The van der Waals surface area contributed by atoms with Gasteiger partial charge in [0.15, 0.2) is 11.5 Å². The van der Waals surface area contributed by atoms with E-state index in [0.29, 0.717) is 27.8 Å². The number of carbonyl (C=O) groups excluding carboxylic acids is 1. The van der Waals surface area contributed by atoms with Crippen molar-refractivity contribution >= 4 is 23.2 Å². The van der Waals surface area contributed by atoms with Crippen molar-refractivity contribution in [1.82, 2.24) is 25.1 Å². The van der Waals surface area contributed by atoms with Crippen molar-refractivity contribution in [2.24, 2.45) is 0 Å². The predicted molar refractivity (Wildman–Crippen MR) is 110 cm³/mol. The summed E-state index contributed by atoms with van der Waals surface area (Å²) in [4.78, 5) is 12.6. The van der Waals surface area contributed by atoms with Gasteiger partial charge >= 0.3 is 0 Å². The van der Waals surface area contributed by atoms with Crippen LogP contribution in [0.4, 0.5) is 0 Å². The zero-order valence-corrected chi connectivity index (χ0v) is 16.6. The molecule has 0 saturated heterocycles. The van der Waals surface area contributed by atoms with Gasteiger partial charge in [0.25, 0.3) is 5.91 Å². The van der Waals surface area contributed by atoms with Crippen LogP contribution in [0, 0.1) is 6.92 Å². The molecule has 0 atom stereocenters. The third-order valence-corrected chi connectivity index (χ3v) is 4.80. The van der Waals surface area contributed by atoms with E-state index in [9.17, 15) is 4.79 Å². The standard InChI is InChI=1S/C21H18ClN5O2/c1-13-11-16(29-2)7-8-17(13)21(28)23-12-20-25-24-19-10-9-18(26-27(19)20)14-3-5-15(22)6-4-14/h3-11H,12H2,1-2H3,(H,23,28). The molecule has 0 bridgehead atoms. The minimum Gasteiger partial charge on any atom is -0.497 e. The molecule has 0 saturated carbocycles. The number of rotatable bonds is 5. The summed E-state index contributed by atoms with van der Waals surface area (Å²) in [6.45, 7) is 2.06. The number of carbonyl (C=O) groups is 1. The van der Waals surface area contributed by atoms with Crippen molar-refractivity contribution in [3.05, 3.63) is 76.6 Å². The average molecular weight is 408 g/mol. The molecule has 1 N–H and O–H groups in total. The van der Waals surface area contributed by atoms with E-state index in [2.05, 4.69) is 20.6 Å². The molecule has 2 aromatic heterocycles. The van der Waals surface area contributed by atoms with Gasteiger partial charge in [0, 0.05) is 16.1 Å². The summed E-state index contributed by atoms with van der Waals surface area (Å²) in [6, 6.07) is 16.4. The number of benzene rings is 2. The van der Waals surface area contributed by atoms with E-state index >= 15 is 0 Å². The molecule has 7 nitrogen and oxygen atoms in total. The Kier molecular flexibility index (Phi) is 5.14. The quantitative estimate of drug-likeness (QED) is 0.545. The summed E-state index contributed by atoms with van der Waals surface area (Å²) in [6.07, 6.45) is 0. The fraction of sp³-hybridized carbons (Fsp3) is 0.143. The van der Waals surface area contributed by atoms with Crippen LogP contribution in [0.2, 0.25) is 5.02 Å². The number of fused-ring (bicyclic) bond motifs is 1. The van der Waals surface area contributed by atoms with Gasteiger partial charge in [0.2, 0.25) is 0 Å². The van der Waals surface area contributed by atoms with Crippen LogP contribution in [-0.2, 0) is 6.54 Å². The van der Waals surface area contributed by atoms with Gasteiger partial charge in [-0.05, 0) is 55.0 Å². The highest BCUT2D eigenvalue weighted by molar-refractivity contribution is 6.30. The second-order valence-electron chi connectivity index (χ2n) is 6.48. The van der Waals surface area contributed by atoms with Crippen LogP contribution in [-0.4, -0.2) is 32.8 Å². The van der Waals surface area contributed by atoms with Gasteiger partial charge in [-0.25, -0.2) is 0 Å². The lowest BCUT2D eigenvalue weighted by atomic mass is 10.1. The highest BCUT2D eigenvalue weighted by Gasteiger charge is 2.13. The first-order chi connectivity index (χ1) is 14.0. The molecule has 1 amide bonds. The normalized spacial score (nSPS) is 10.9. The number of hydrogen-bond acceptors (Lipinski definition) is 5. The average Bonchev–Trinajstić information content (AvgIpc) is 3.14. The molecule has 4 rings (SSSR count). The van der Waals surface area contributed by atoms with Gasteiger partial charge in [0.05, 0.1) is 19.3 Å². The fourth-order valence-electron chi connectivity index (χ4n) is 2.99. The van der Waals surface area contributed by atoms with Crippen molar-refractivity contribution in [3.63, 3.8) is 0 Å². The lowest BCUT2D eigenvalue weighted by molar-refractivity contribution is 0.0949. The third-order valence-electron chi connectivity index (χ3n) is 4.55. The van der Waals surface area contributed by atoms with Gasteiger partial charge < -0.3 is 10.1 Å². The van der Waals surface area contributed by atoms with Gasteiger partial charge in [-0.1, -0.05) is 23.7 Å². The Bertz CT molecular complexity index is 1190. The zero-order chi connectivity index (χ0) is 20.4. The molecule has 8 heteroatoms. The second kappa shape index (κ2) is 7.89. The van der Waals surface area contributed by atoms with Crippen molar-refractivity contribution in [3.8, 4) is 17.0 Å². The Morgan fingerprint density at radius 1 is 1.10 bits per heavy atom. The lowest BCUT2D eigenvalue weighted by Gasteiger charge is -2.09. The maximum Gasteiger partial charge on any atom is 0.251 e. The molecule has 0 aliphatic heterocycles. The molecule has 0 unspecified atom stereocenters. The molecule has 0 spiro atoms. The maximum absolute atomic E-state index is 12.6. The minimum absolute atomic E-state index is 0.197. The smallest absolute Gasteiger partial charge is 0.251 e. The fourth-order valence-corrected chi connectivity index (χ4v) is 3.12. The van der Waals surface area contributed by atoms with E-state index in [0.717, 1.165) is 16.8 Å². The number of nitrogens with zero attached hydrogens (tertiary/aromatic N) is 4. The SMILES string of the molecule is COc1ccc(C(=O)NCc2nnc3ccc(-c4ccc(Cl)cc4)nn23)c(C)c1. The first kappa shape index (κ1) is 18.9. The zero-order valence-electron chi connectivity index (χ0n) is 15.9. The van der Waals surface area contributed by atoms with E-state index in [4.69, 9.17) is 16.3 Å². The lowest BCUT2D eigenvalue weighted by Crippen LogP contribution is -2.25. The molecule has 4 aromatic rings. The van der Waals surface area contributed by atoms with Crippen molar-refractivity contribution < 1.29 is 9.53 Å². The van der Waals surface area contributed by atoms with Gasteiger partial charge in [0.1, 0.15) is 5.75 Å². The van der Waals surface area contributed by atoms with Crippen LogP contribution in [0.5, 0.6) is 5.75 Å². The largest absolute Gasteiger partial charge is 0.497 e. The molecular formula is C21H18ClN5O2. The summed E-state index contributed by atoms with van der Waals surface area (Å²) in [5.74, 6) is 1.05. The molecule has 0 aliphatic rings. The predicted octanol–water partition coefficient (Wildman–Crippen LogP) is 3.69. The van der Waals surface area contributed by atoms with Crippen molar-refractivity contribution in [2.45, 2.75) is 13.5 Å². The van der Waals surface area contributed by atoms with Crippen LogP contribution in [0.25, 0.3) is 16.9 Å². The molecule has 146 valence electrons. The summed E-state index contributed by atoms with van der Waals surface area (Å²) in [5.41, 5.74) is 3.69. The Morgan fingerprint density at radius 2 is 1.90 bits per heavy atom. The maximum atomic E-state index is 12.6. The van der Waals surface area contributed by atoms with Crippen LogP contribution in [0.1, 0.15) is 21.7 Å². The summed E-state index contributed by atoms with van der Waals surface area (Å²) < 4.78 is 6.81. The van der Waals surface area contributed by atoms with Crippen LogP contribution in [0.15, 0.2) is 54.6 Å². The molecule has 2 heterocycles. The second-order valence-corrected chi connectivity index (χ2v) is 6.91. The Morgan fingerprint density at radius 3 is 2.62 bits per heavy atom. The van der Waals surface area contributed by atoms with Crippen LogP contribution in [0.3, 0.4) is 0 Å². The van der Waals surface area contributed by atoms with Gasteiger partial charge in [-0.15, -0.1) is 10.2 Å². The summed E-state index contributed by atoms with van der Waals surface area (Å²) in [5, 5.41) is 16.4. The number of nitrogens with one attached hydrogen (secondary N) is 1. The number of methoxy groups -OCH3 is 1. The summed E-state index contributed by atoms with van der Waals surface area (Å²) >= 11 is 5.96. The van der Waals surface area contributed by atoms with E-state index < -0.39 is 0 Å². The Hall–Kier alpha value is -3.45. The van der Waals surface area contributed by atoms with Crippen molar-refractivity contribution in [1.29, 1.82) is 0 Å². The molecular weight excluding hydrogens is 390 g/mol. The highest BCUT2D eigenvalue weighted by atomic mass is 35.5. The molecule has 29 heavy (non-hydrogen) atoms. The molecule has 2 aromatic carbocycles. The first-order valence-corrected chi connectivity index (χ1v) is 9.33. The number of aromatic nitrogens is 4. The molecule has 0 radical (unpaired) electrons. The number of ether oxygens (including phenoxy) is 1. The number of aryl methyl sites for hydroxylation is 1. The van der Waals surface area contributed by atoms with Crippen molar-refractivity contribution in [2.75, 3.05) is 7.11 Å². The van der Waals surface area contributed by atoms with Crippen LogP contribution >= 0.6 is 11.6 Å². The number of hydrogen-bond donors (Lipinski definition) is 1. The van der Waals surface area contributed by atoms with Gasteiger partial charge in [-0.2, -0.15) is 9.61 Å². The summed E-state index contributed by atoms with van der Waals surface area (Å²) in [7, 11) is 1.59.